The van der Waals surface area contributed by atoms with Crippen LogP contribution >= 0.6 is 11.3 Å². The molecule has 2 aromatic heterocycles. The van der Waals surface area contributed by atoms with E-state index in [-0.39, 0.29) is 17.3 Å². The van der Waals surface area contributed by atoms with Gasteiger partial charge in [0.05, 0.1) is 23.0 Å². The zero-order valence-electron chi connectivity index (χ0n) is 18.7. The maximum atomic E-state index is 13.5. The molecule has 1 fully saturated rings. The Kier molecular flexibility index (Phi) is 6.71. The maximum Gasteiger partial charge on any atom is 0.270 e. The number of amides is 1. The molecule has 0 atom stereocenters. The summed E-state index contributed by atoms with van der Waals surface area (Å²) in [4.78, 5) is 17.2. The molecule has 1 aliphatic heterocycles. The smallest absolute Gasteiger partial charge is 0.270 e. The molecule has 6 nitrogen and oxygen atoms in total. The van der Waals surface area contributed by atoms with Crippen LogP contribution in [0.25, 0.3) is 21.8 Å². The number of hydrogen-bond donors (Lipinski definition) is 1. The van der Waals surface area contributed by atoms with Crippen LogP contribution in [-0.2, 0) is 10.3 Å². The maximum absolute atomic E-state index is 13.5. The molecule has 0 aliphatic carbocycles. The van der Waals surface area contributed by atoms with E-state index in [2.05, 4.69) is 36.2 Å². The van der Waals surface area contributed by atoms with E-state index >= 15 is 0 Å². The number of rotatable bonds is 6. The van der Waals surface area contributed by atoms with E-state index in [1.54, 1.807) is 23.7 Å². The van der Waals surface area contributed by atoms with Gasteiger partial charge in [0.15, 0.2) is 0 Å². The molecule has 32 heavy (non-hydrogen) atoms. The predicted molar refractivity (Wildman–Crippen MR) is 124 cm³/mol. The van der Waals surface area contributed by atoms with E-state index in [1.807, 2.05) is 4.68 Å². The van der Waals surface area contributed by atoms with E-state index in [4.69, 9.17) is 4.74 Å². The van der Waals surface area contributed by atoms with Crippen molar-refractivity contribution in [3.63, 3.8) is 0 Å². The summed E-state index contributed by atoms with van der Waals surface area (Å²) in [5.74, 6) is 0.161. The zero-order valence-corrected chi connectivity index (χ0v) is 19.5. The van der Waals surface area contributed by atoms with Gasteiger partial charge >= 0.3 is 0 Å². The normalized spacial score (nSPS) is 15.1. The highest BCUT2D eigenvalue weighted by atomic mass is 32.1. The molecule has 170 valence electrons. The molecule has 0 unspecified atom stereocenters. The molecule has 1 saturated heterocycles. The van der Waals surface area contributed by atoms with Crippen LogP contribution in [0.2, 0.25) is 0 Å². The zero-order chi connectivity index (χ0) is 22.7. The molecule has 1 aromatic carbocycles. The average molecular weight is 457 g/mol. The second-order valence-corrected chi connectivity index (χ2v) is 9.99. The summed E-state index contributed by atoms with van der Waals surface area (Å²) in [6, 6.07) is 6.38. The molecule has 3 aromatic rings. The number of nitrogens with zero attached hydrogens (tertiary/aromatic N) is 3. The van der Waals surface area contributed by atoms with Crippen LogP contribution in [0, 0.1) is 11.7 Å². The number of carbonyl (C=O) groups is 1. The summed E-state index contributed by atoms with van der Waals surface area (Å²) >= 11 is 1.41. The van der Waals surface area contributed by atoms with Crippen LogP contribution in [0.3, 0.4) is 0 Å². The van der Waals surface area contributed by atoms with E-state index in [1.165, 1.54) is 23.5 Å². The van der Waals surface area contributed by atoms with Crippen LogP contribution in [0.1, 0.15) is 50.5 Å². The lowest BCUT2D eigenvalue weighted by Crippen LogP contribution is -2.27. The Morgan fingerprint density at radius 3 is 2.66 bits per heavy atom. The highest BCUT2D eigenvalue weighted by Gasteiger charge is 2.25. The summed E-state index contributed by atoms with van der Waals surface area (Å²) in [6.45, 7) is 8.46. The lowest BCUT2D eigenvalue weighted by Gasteiger charge is -2.23. The van der Waals surface area contributed by atoms with Crippen LogP contribution in [-0.4, -0.2) is 40.4 Å². The fourth-order valence-corrected chi connectivity index (χ4v) is 4.73. The SMILES string of the molecule is CC(C)(C)n1ncc(-c2nc(C(=O)NCCC3CCOCC3)cs2)c1-c1ccc(F)cc1. The minimum Gasteiger partial charge on any atom is -0.381 e. The Labute approximate surface area is 191 Å². The van der Waals surface area contributed by atoms with Crippen LogP contribution in [0.15, 0.2) is 35.8 Å². The van der Waals surface area contributed by atoms with Gasteiger partial charge in [-0.05, 0) is 70.2 Å². The fourth-order valence-electron chi connectivity index (χ4n) is 3.92. The standard InChI is InChI=1S/C24H29FN4O2S/c1-24(2,3)29-21(17-4-6-18(25)7-5-17)19(14-27-29)23-28-20(15-32-23)22(30)26-11-8-16-9-12-31-13-10-16/h4-7,14-16H,8-13H2,1-3H3,(H,26,30). The van der Waals surface area contributed by atoms with Gasteiger partial charge in [-0.25, -0.2) is 9.37 Å². The van der Waals surface area contributed by atoms with Crippen molar-refractivity contribution in [2.75, 3.05) is 19.8 Å². The van der Waals surface area contributed by atoms with E-state index in [0.29, 0.717) is 18.2 Å². The third kappa shape index (κ3) is 5.07. The number of halogens is 1. The van der Waals surface area contributed by atoms with Gasteiger partial charge in [0.2, 0.25) is 0 Å². The van der Waals surface area contributed by atoms with Gasteiger partial charge in [-0.2, -0.15) is 5.10 Å². The number of benzene rings is 1. The minimum absolute atomic E-state index is 0.161. The van der Waals surface area contributed by atoms with Gasteiger partial charge in [0.1, 0.15) is 16.5 Å². The number of aromatic nitrogens is 3. The Morgan fingerprint density at radius 2 is 1.97 bits per heavy atom. The van der Waals surface area contributed by atoms with Gasteiger partial charge in [-0.15, -0.1) is 11.3 Å². The molecule has 0 saturated carbocycles. The fraction of sp³-hybridized carbons (Fsp3) is 0.458. The first-order valence-electron chi connectivity index (χ1n) is 11.0. The number of thiazole rings is 1. The molecule has 1 amide bonds. The first kappa shape index (κ1) is 22.6. The topological polar surface area (TPSA) is 69.0 Å². The van der Waals surface area contributed by atoms with Crippen molar-refractivity contribution in [2.45, 2.75) is 45.6 Å². The van der Waals surface area contributed by atoms with Gasteiger partial charge in [-0.3, -0.25) is 9.48 Å². The van der Waals surface area contributed by atoms with Crippen molar-refractivity contribution in [2.24, 2.45) is 5.92 Å². The lowest BCUT2D eigenvalue weighted by molar-refractivity contribution is 0.0636. The number of nitrogens with one attached hydrogen (secondary N) is 1. The number of ether oxygens (including phenoxy) is 1. The predicted octanol–water partition coefficient (Wildman–Crippen LogP) is 5.11. The van der Waals surface area contributed by atoms with Crippen LogP contribution < -0.4 is 5.32 Å². The second kappa shape index (κ2) is 9.50. The molecule has 0 bridgehead atoms. The van der Waals surface area contributed by atoms with Gasteiger partial charge < -0.3 is 10.1 Å². The first-order valence-corrected chi connectivity index (χ1v) is 11.9. The first-order chi connectivity index (χ1) is 15.3. The van der Waals surface area contributed by atoms with E-state index < -0.39 is 0 Å². The molecule has 4 rings (SSSR count). The average Bonchev–Trinajstić information content (AvgIpc) is 3.42. The quantitative estimate of drug-likeness (QED) is 0.559. The van der Waals surface area contributed by atoms with Crippen molar-refractivity contribution in [3.8, 4) is 21.8 Å². The molecule has 8 heteroatoms. The van der Waals surface area contributed by atoms with Crippen molar-refractivity contribution in [1.29, 1.82) is 0 Å². The molecular weight excluding hydrogens is 427 g/mol. The Morgan fingerprint density at radius 1 is 1.25 bits per heavy atom. The molecule has 1 aliphatic rings. The minimum atomic E-state index is -0.286. The monoisotopic (exact) mass is 456 g/mol. The van der Waals surface area contributed by atoms with Crippen LogP contribution in [0.5, 0.6) is 0 Å². The molecule has 0 radical (unpaired) electrons. The largest absolute Gasteiger partial charge is 0.381 e. The molecule has 0 spiro atoms. The lowest BCUT2D eigenvalue weighted by atomic mass is 9.97. The molecule has 3 heterocycles. The summed E-state index contributed by atoms with van der Waals surface area (Å²) in [6.07, 6.45) is 4.84. The molecular formula is C24H29FN4O2S. The third-order valence-corrected chi connectivity index (χ3v) is 6.54. The van der Waals surface area contributed by atoms with Gasteiger partial charge in [-0.1, -0.05) is 0 Å². The second-order valence-electron chi connectivity index (χ2n) is 9.13. The molecule has 1 N–H and O–H groups in total. The summed E-state index contributed by atoms with van der Waals surface area (Å²) < 4.78 is 20.8. The number of carbonyl (C=O) groups excluding carboxylic acids is 1. The highest BCUT2D eigenvalue weighted by molar-refractivity contribution is 7.13. The Balaban J connectivity index is 1.54. The van der Waals surface area contributed by atoms with Gasteiger partial charge in [0, 0.05) is 30.7 Å². The number of hydrogen-bond acceptors (Lipinski definition) is 5. The summed E-state index contributed by atoms with van der Waals surface area (Å²) in [5, 5.41) is 10.1. The van der Waals surface area contributed by atoms with Gasteiger partial charge in [0.25, 0.3) is 5.91 Å². The summed E-state index contributed by atoms with van der Waals surface area (Å²) in [5.41, 5.74) is 2.68. The Hall–Kier alpha value is -2.58. The van der Waals surface area contributed by atoms with E-state index in [0.717, 1.165) is 54.3 Å². The van der Waals surface area contributed by atoms with Crippen molar-refractivity contribution in [3.05, 3.63) is 47.4 Å². The van der Waals surface area contributed by atoms with Crippen molar-refractivity contribution >= 4 is 17.2 Å². The summed E-state index contributed by atoms with van der Waals surface area (Å²) in [7, 11) is 0. The third-order valence-electron chi connectivity index (χ3n) is 5.67. The van der Waals surface area contributed by atoms with Crippen LogP contribution in [0.4, 0.5) is 4.39 Å². The Bertz CT molecular complexity index is 1060. The van der Waals surface area contributed by atoms with E-state index in [9.17, 15) is 9.18 Å². The highest BCUT2D eigenvalue weighted by Crippen LogP contribution is 2.36. The van der Waals surface area contributed by atoms with Crippen molar-refractivity contribution in [1.82, 2.24) is 20.1 Å². The van der Waals surface area contributed by atoms with Crippen molar-refractivity contribution < 1.29 is 13.9 Å².